The van der Waals surface area contributed by atoms with Crippen LogP contribution in [0.15, 0.2) is 35.5 Å². The largest absolute Gasteiger partial charge is 0.480 e. The number of hydrogen-bond acceptors (Lipinski definition) is 7. The maximum atomic E-state index is 12.8. The van der Waals surface area contributed by atoms with Gasteiger partial charge < -0.3 is 43.2 Å². The van der Waals surface area contributed by atoms with Gasteiger partial charge in [0.2, 0.25) is 17.7 Å². The second-order valence-corrected chi connectivity index (χ2v) is 8.86. The molecule has 1 aromatic carbocycles. The summed E-state index contributed by atoms with van der Waals surface area (Å²) in [5.41, 5.74) is 18.5. The summed E-state index contributed by atoms with van der Waals surface area (Å²) < 4.78 is 0. The Hall–Kier alpha value is -3.78. The second-order valence-electron chi connectivity index (χ2n) is 8.49. The Morgan fingerprint density at radius 3 is 2.38 bits per heavy atom. The van der Waals surface area contributed by atoms with E-state index in [2.05, 4.69) is 38.6 Å². The van der Waals surface area contributed by atoms with Crippen LogP contribution < -0.4 is 33.2 Å². The number of carbonyl (C=O) groups is 4. The van der Waals surface area contributed by atoms with Gasteiger partial charge in [0.15, 0.2) is 5.96 Å². The lowest BCUT2D eigenvalue weighted by Gasteiger charge is -2.23. The Labute approximate surface area is 219 Å². The zero-order valence-corrected chi connectivity index (χ0v) is 21.3. The van der Waals surface area contributed by atoms with Crippen LogP contribution in [0, 0.1) is 0 Å². The molecule has 37 heavy (non-hydrogen) atoms. The lowest BCUT2D eigenvalue weighted by molar-refractivity contribution is -0.141. The summed E-state index contributed by atoms with van der Waals surface area (Å²) in [6, 6.07) is 3.34. The molecule has 0 saturated carbocycles. The van der Waals surface area contributed by atoms with Crippen LogP contribution in [0.3, 0.4) is 0 Å². The first-order chi connectivity index (χ1) is 17.5. The molecule has 11 N–H and O–H groups in total. The van der Waals surface area contributed by atoms with Crippen molar-refractivity contribution in [2.45, 2.75) is 50.4 Å². The molecule has 2 aromatic rings. The Morgan fingerprint density at radius 1 is 1.05 bits per heavy atom. The van der Waals surface area contributed by atoms with Crippen molar-refractivity contribution in [3.8, 4) is 0 Å². The van der Waals surface area contributed by atoms with Crippen molar-refractivity contribution in [1.29, 1.82) is 0 Å². The number of thiol groups is 1. The molecule has 0 aliphatic heterocycles. The van der Waals surface area contributed by atoms with E-state index in [-0.39, 0.29) is 31.1 Å². The van der Waals surface area contributed by atoms with Gasteiger partial charge in [-0.15, -0.1) is 0 Å². The van der Waals surface area contributed by atoms with E-state index in [1.807, 2.05) is 24.3 Å². The van der Waals surface area contributed by atoms with Crippen molar-refractivity contribution in [1.82, 2.24) is 20.9 Å². The number of aliphatic carboxylic acids is 1. The van der Waals surface area contributed by atoms with Gasteiger partial charge in [-0.2, -0.15) is 12.6 Å². The first-order valence-corrected chi connectivity index (χ1v) is 12.3. The summed E-state index contributed by atoms with van der Waals surface area (Å²) in [6.45, 7) is 1.65. The Bertz CT molecular complexity index is 1130. The standard InChI is InChI=1S/C23H34N8O5S/c1-12(29-20(33)15(24)9-13-10-28-16-6-3-2-5-14(13)16)19(32)30-17(7-4-8-27-23(25)26)21(34)31-18(11-37)22(35)36/h2-3,5-6,10,12,15,17-18,28,37H,4,7-9,11,24H2,1H3,(H,29,33)(H,30,32)(H,31,34)(H,35,36)(H4,25,26,27). The van der Waals surface area contributed by atoms with Gasteiger partial charge in [0, 0.05) is 29.4 Å². The van der Waals surface area contributed by atoms with Gasteiger partial charge in [-0.3, -0.25) is 19.4 Å². The third-order valence-corrected chi connectivity index (χ3v) is 5.94. The van der Waals surface area contributed by atoms with Crippen molar-refractivity contribution < 1.29 is 24.3 Å². The molecule has 14 heteroatoms. The molecular formula is C23H34N8O5S. The van der Waals surface area contributed by atoms with Gasteiger partial charge in [0.25, 0.3) is 0 Å². The Balaban J connectivity index is 1.99. The van der Waals surface area contributed by atoms with Crippen LogP contribution in [-0.2, 0) is 25.6 Å². The number of rotatable bonds is 14. The molecule has 0 fully saturated rings. The fraction of sp³-hybridized carbons (Fsp3) is 0.435. The third kappa shape index (κ3) is 8.99. The highest BCUT2D eigenvalue weighted by molar-refractivity contribution is 7.80. The minimum Gasteiger partial charge on any atom is -0.480 e. The highest BCUT2D eigenvalue weighted by Crippen LogP contribution is 2.18. The van der Waals surface area contributed by atoms with Gasteiger partial charge in [-0.1, -0.05) is 18.2 Å². The van der Waals surface area contributed by atoms with E-state index in [9.17, 15) is 24.3 Å². The van der Waals surface area contributed by atoms with Crippen LogP contribution in [0.4, 0.5) is 0 Å². The number of H-pyrrole nitrogens is 1. The van der Waals surface area contributed by atoms with E-state index in [1.54, 1.807) is 6.20 Å². The van der Waals surface area contributed by atoms with Crippen LogP contribution in [-0.4, -0.2) is 76.2 Å². The lowest BCUT2D eigenvalue weighted by atomic mass is 10.0. The van der Waals surface area contributed by atoms with E-state index in [0.29, 0.717) is 6.42 Å². The normalized spacial score (nSPS) is 14.1. The highest BCUT2D eigenvalue weighted by Gasteiger charge is 2.28. The minimum atomic E-state index is -1.27. The van der Waals surface area contributed by atoms with Gasteiger partial charge in [-0.25, -0.2) is 4.79 Å². The molecule has 1 heterocycles. The molecular weight excluding hydrogens is 500 g/mol. The smallest absolute Gasteiger partial charge is 0.327 e. The van der Waals surface area contributed by atoms with E-state index >= 15 is 0 Å². The quantitative estimate of drug-likeness (QED) is 0.0602. The molecule has 0 spiro atoms. The molecule has 0 aliphatic rings. The molecule has 0 aliphatic carbocycles. The van der Waals surface area contributed by atoms with Crippen LogP contribution in [0.1, 0.15) is 25.3 Å². The molecule has 0 radical (unpaired) electrons. The number of nitrogens with zero attached hydrogens (tertiary/aromatic N) is 1. The Kier molecular flexibility index (Phi) is 11.2. The van der Waals surface area contributed by atoms with Crippen molar-refractivity contribution in [3.05, 3.63) is 36.0 Å². The average molecular weight is 535 g/mol. The molecule has 202 valence electrons. The van der Waals surface area contributed by atoms with Crippen molar-refractivity contribution >= 4 is 53.2 Å². The number of fused-ring (bicyclic) bond motifs is 1. The molecule has 1 aromatic heterocycles. The number of aromatic amines is 1. The van der Waals surface area contributed by atoms with Gasteiger partial charge >= 0.3 is 5.97 Å². The number of carboxylic acids is 1. The zero-order chi connectivity index (χ0) is 27.5. The number of aromatic nitrogens is 1. The van der Waals surface area contributed by atoms with Gasteiger partial charge in [0.1, 0.15) is 18.1 Å². The van der Waals surface area contributed by atoms with Crippen LogP contribution in [0.2, 0.25) is 0 Å². The minimum absolute atomic E-state index is 0.119. The fourth-order valence-electron chi connectivity index (χ4n) is 3.54. The highest BCUT2D eigenvalue weighted by atomic mass is 32.1. The van der Waals surface area contributed by atoms with Crippen LogP contribution >= 0.6 is 12.6 Å². The van der Waals surface area contributed by atoms with Crippen LogP contribution in [0.25, 0.3) is 10.9 Å². The maximum absolute atomic E-state index is 12.8. The number of carboxylic acid groups (broad SMARTS) is 1. The number of para-hydroxylation sites is 1. The second kappa shape index (κ2) is 14.1. The molecule has 4 atom stereocenters. The SMILES string of the molecule is CC(NC(=O)C(N)Cc1c[nH]c2ccccc12)C(=O)NC(CCCN=C(N)N)C(=O)NC(CS)C(=O)O. The van der Waals surface area contributed by atoms with Crippen LogP contribution in [0.5, 0.6) is 0 Å². The molecule has 0 bridgehead atoms. The van der Waals surface area contributed by atoms with E-state index in [4.69, 9.17) is 17.2 Å². The summed E-state index contributed by atoms with van der Waals surface area (Å²) in [7, 11) is 0. The first kappa shape index (κ1) is 29.5. The average Bonchev–Trinajstić information content (AvgIpc) is 3.26. The fourth-order valence-corrected chi connectivity index (χ4v) is 3.79. The lowest BCUT2D eigenvalue weighted by Crippen LogP contribution is -2.56. The third-order valence-electron chi connectivity index (χ3n) is 5.58. The zero-order valence-electron chi connectivity index (χ0n) is 20.4. The number of carbonyl (C=O) groups excluding carboxylic acids is 3. The topological polar surface area (TPSA) is 231 Å². The van der Waals surface area contributed by atoms with E-state index in [1.165, 1.54) is 6.92 Å². The number of nitrogens with two attached hydrogens (primary N) is 3. The number of aliphatic imine (C=N–C) groups is 1. The van der Waals surface area contributed by atoms with Crippen molar-refractivity contribution in [3.63, 3.8) is 0 Å². The maximum Gasteiger partial charge on any atom is 0.327 e. The first-order valence-electron chi connectivity index (χ1n) is 11.6. The number of guanidine groups is 1. The van der Waals surface area contributed by atoms with E-state index < -0.39 is 47.9 Å². The number of benzene rings is 1. The van der Waals surface area contributed by atoms with Gasteiger partial charge in [0.05, 0.1) is 6.04 Å². The number of amides is 3. The Morgan fingerprint density at radius 2 is 1.73 bits per heavy atom. The van der Waals surface area contributed by atoms with E-state index in [0.717, 1.165) is 16.5 Å². The predicted molar refractivity (Wildman–Crippen MR) is 143 cm³/mol. The summed E-state index contributed by atoms with van der Waals surface area (Å²) >= 11 is 3.93. The molecule has 0 saturated heterocycles. The van der Waals surface area contributed by atoms with Gasteiger partial charge in [-0.05, 0) is 37.8 Å². The molecule has 2 rings (SSSR count). The van der Waals surface area contributed by atoms with Crippen molar-refractivity contribution in [2.75, 3.05) is 12.3 Å². The predicted octanol–water partition coefficient (Wildman–Crippen LogP) is -1.42. The summed E-state index contributed by atoms with van der Waals surface area (Å²) in [5, 5.41) is 17.6. The monoisotopic (exact) mass is 534 g/mol. The molecule has 13 nitrogen and oxygen atoms in total. The summed E-state index contributed by atoms with van der Waals surface area (Å²) in [5.74, 6) is -3.43. The molecule has 4 unspecified atom stereocenters. The number of nitrogens with one attached hydrogen (secondary N) is 4. The molecule has 3 amide bonds. The van der Waals surface area contributed by atoms with Crippen molar-refractivity contribution in [2.24, 2.45) is 22.2 Å². The number of hydrogen-bond donors (Lipinski definition) is 9. The summed E-state index contributed by atoms with van der Waals surface area (Å²) in [6.07, 6.45) is 2.48. The summed E-state index contributed by atoms with van der Waals surface area (Å²) in [4.78, 5) is 56.4.